The first-order valence-electron chi connectivity index (χ1n) is 31.1. The van der Waals surface area contributed by atoms with E-state index in [1.54, 1.807) is 77.9 Å². The lowest BCUT2D eigenvalue weighted by Crippen LogP contribution is -2.62. The highest BCUT2D eigenvalue weighted by Gasteiger charge is 2.60. The zero-order valence-corrected chi connectivity index (χ0v) is 54.6. The predicted molar refractivity (Wildman–Crippen MR) is 323 cm³/mol. The average Bonchev–Trinajstić information content (AvgIpc) is 1.71. The van der Waals surface area contributed by atoms with Crippen LogP contribution in [0.2, 0.25) is 10.0 Å². The minimum absolute atomic E-state index is 0.0498. The van der Waals surface area contributed by atoms with Gasteiger partial charge in [-0.25, -0.2) is 9.59 Å². The number of urea groups is 1. The Balaban J connectivity index is 1.13. The van der Waals surface area contributed by atoms with Crippen molar-refractivity contribution in [2.75, 3.05) is 72.7 Å². The number of nitrogens with zero attached hydrogens (tertiary/aromatic N) is 5. The Morgan fingerprint density at radius 1 is 0.897 bits per heavy atom. The number of ether oxygens (including phenoxy) is 11. The molecule has 5 aliphatic heterocycles. The summed E-state index contributed by atoms with van der Waals surface area (Å²) >= 11 is 13.5. The molecule has 1 aromatic carbocycles. The number of Topliss-reactive ketones (excluding diaryl/α,β-unsaturated/α-hetero) is 1. The molecule has 5 saturated heterocycles. The molecule has 6 fully saturated rings. The van der Waals surface area contributed by atoms with E-state index in [-0.39, 0.29) is 56.7 Å². The summed E-state index contributed by atoms with van der Waals surface area (Å²) in [5.41, 5.74) is -2.61. The number of morpholine rings is 1. The van der Waals surface area contributed by atoms with Crippen LogP contribution < -0.4 is 14.4 Å². The summed E-state index contributed by atoms with van der Waals surface area (Å²) in [5.74, 6) is -2.57. The number of aliphatic hydroxyl groups is 2. The van der Waals surface area contributed by atoms with E-state index >= 15 is 9.59 Å². The van der Waals surface area contributed by atoms with Crippen LogP contribution in [0.5, 0.6) is 11.5 Å². The number of halogens is 2. The van der Waals surface area contributed by atoms with Crippen LogP contribution >= 0.6 is 23.2 Å². The molecule has 8 rings (SSSR count). The second kappa shape index (κ2) is 29.3. The van der Waals surface area contributed by atoms with Crippen molar-refractivity contribution in [3.63, 3.8) is 0 Å². The van der Waals surface area contributed by atoms with Crippen molar-refractivity contribution in [3.8, 4) is 11.5 Å². The molecule has 0 bridgehead atoms. The number of hydrogen-bond donors (Lipinski definition) is 2. The van der Waals surface area contributed by atoms with E-state index in [2.05, 4.69) is 9.88 Å². The molecule has 6 aliphatic rings. The van der Waals surface area contributed by atoms with Gasteiger partial charge in [-0.15, -0.1) is 0 Å². The lowest BCUT2D eigenvalue weighted by atomic mass is 9.75. The SMILES string of the molecule is CC[C@H]1OC(=O)[C@H](C)[C@@H](O[C@H]2C[C@@](C)(OC)[C@@H](O)[C@H](C)O2)[C@H](C)[C@@H](OC2O[C@H](C)C[C@H](N(C)C(=O)N3CCOCC3)[C@H]2O)[C@](C)(OC)CCC(=O)[C@H](C)[C@H]2N(CCCN(Cc3c(Cl)cncc3Cl)c3ccc(OC)c(OC4CCCC4)c3)C(=O)O[C@]12C. The Bertz CT molecular complexity index is 2650. The van der Waals surface area contributed by atoms with Crippen LogP contribution in [-0.4, -0.2) is 212 Å². The fraction of sp³-hybridized carbons (Fsp3) is 0.762. The molecule has 87 heavy (non-hydrogen) atoms. The zero-order valence-electron chi connectivity index (χ0n) is 53.1. The van der Waals surface area contributed by atoms with E-state index < -0.39 is 114 Å². The van der Waals surface area contributed by atoms with Gasteiger partial charge in [0.15, 0.2) is 29.7 Å². The Hall–Kier alpha value is -4.33. The third kappa shape index (κ3) is 15.0. The van der Waals surface area contributed by atoms with Crippen molar-refractivity contribution in [1.82, 2.24) is 19.7 Å². The highest BCUT2D eigenvalue weighted by Crippen LogP contribution is 2.45. The number of amides is 3. The van der Waals surface area contributed by atoms with Gasteiger partial charge in [0.05, 0.1) is 90.1 Å². The molecule has 1 aromatic heterocycles. The number of pyridine rings is 1. The number of benzene rings is 1. The molecule has 1 saturated carbocycles. The topological polar surface area (TPSA) is 236 Å². The van der Waals surface area contributed by atoms with Gasteiger partial charge >= 0.3 is 18.1 Å². The summed E-state index contributed by atoms with van der Waals surface area (Å²) in [6.45, 7) is 18.3. The summed E-state index contributed by atoms with van der Waals surface area (Å²) in [7, 11) is 6.27. The highest BCUT2D eigenvalue weighted by atomic mass is 35.5. The monoisotopic (exact) mass is 1260 g/mol. The number of fused-ring (bicyclic) bond motifs is 1. The number of aliphatic hydroxyl groups excluding tert-OH is 2. The first-order valence-corrected chi connectivity index (χ1v) is 31.8. The quantitative estimate of drug-likeness (QED) is 0.133. The summed E-state index contributed by atoms with van der Waals surface area (Å²) in [5, 5.41) is 24.4. The average molecular weight is 1270 g/mol. The van der Waals surface area contributed by atoms with Gasteiger partial charge in [0, 0.05) is 108 Å². The molecule has 17 atom stereocenters. The number of carbonyl (C=O) groups excluding carboxylic acids is 4. The van der Waals surface area contributed by atoms with E-state index in [1.807, 2.05) is 39.0 Å². The Morgan fingerprint density at radius 3 is 2.22 bits per heavy atom. The van der Waals surface area contributed by atoms with Gasteiger partial charge < -0.3 is 81.9 Å². The first-order chi connectivity index (χ1) is 41.3. The van der Waals surface area contributed by atoms with Crippen LogP contribution in [0.15, 0.2) is 30.6 Å². The first kappa shape index (κ1) is 68.6. The fourth-order valence-corrected chi connectivity index (χ4v) is 14.5. The van der Waals surface area contributed by atoms with E-state index in [1.165, 1.54) is 19.1 Å². The van der Waals surface area contributed by atoms with Gasteiger partial charge in [-0.1, -0.05) is 44.0 Å². The van der Waals surface area contributed by atoms with E-state index in [0.717, 1.165) is 31.4 Å². The van der Waals surface area contributed by atoms with E-state index in [4.69, 9.17) is 75.3 Å². The van der Waals surface area contributed by atoms with Crippen molar-refractivity contribution < 1.29 is 81.5 Å². The maximum absolute atomic E-state index is 15.3. The van der Waals surface area contributed by atoms with Crippen molar-refractivity contribution in [2.24, 2.45) is 17.8 Å². The van der Waals surface area contributed by atoms with Gasteiger partial charge in [0.2, 0.25) is 0 Å². The lowest BCUT2D eigenvalue weighted by Gasteiger charge is -2.49. The molecule has 1 aliphatic carbocycles. The molecular weight excluding hydrogens is 1170 g/mol. The molecule has 0 radical (unpaired) electrons. The number of methoxy groups -OCH3 is 3. The second-order valence-electron chi connectivity index (χ2n) is 25.4. The normalized spacial score (nSPS) is 35.7. The van der Waals surface area contributed by atoms with Crippen LogP contribution in [0.25, 0.3) is 0 Å². The molecule has 22 nitrogen and oxygen atoms in total. The highest BCUT2D eigenvalue weighted by molar-refractivity contribution is 6.35. The zero-order chi connectivity index (χ0) is 63.3. The van der Waals surface area contributed by atoms with Crippen molar-refractivity contribution in [3.05, 3.63) is 46.2 Å². The summed E-state index contributed by atoms with van der Waals surface area (Å²) < 4.78 is 70.1. The smallest absolute Gasteiger partial charge is 0.410 e. The molecule has 488 valence electrons. The van der Waals surface area contributed by atoms with Crippen LogP contribution in [0.3, 0.4) is 0 Å². The minimum atomic E-state index is -1.55. The summed E-state index contributed by atoms with van der Waals surface area (Å²) in [6, 6.07) is 3.79. The lowest BCUT2D eigenvalue weighted by molar-refractivity contribution is -0.318. The van der Waals surface area contributed by atoms with Crippen LogP contribution in [0.4, 0.5) is 15.3 Å². The molecule has 2 N–H and O–H groups in total. The molecule has 0 spiro atoms. The maximum Gasteiger partial charge on any atom is 0.410 e. The predicted octanol–water partition coefficient (Wildman–Crippen LogP) is 8.61. The van der Waals surface area contributed by atoms with Crippen LogP contribution in [0.1, 0.15) is 132 Å². The van der Waals surface area contributed by atoms with Crippen molar-refractivity contribution >= 4 is 52.8 Å². The van der Waals surface area contributed by atoms with E-state index in [9.17, 15) is 19.8 Å². The van der Waals surface area contributed by atoms with Crippen LogP contribution in [0, 0.1) is 17.8 Å². The summed E-state index contributed by atoms with van der Waals surface area (Å²) in [4.78, 5) is 70.3. The van der Waals surface area contributed by atoms with Crippen molar-refractivity contribution in [1.29, 1.82) is 0 Å². The van der Waals surface area contributed by atoms with Gasteiger partial charge in [-0.2, -0.15) is 0 Å². The number of carbonyl (C=O) groups is 4. The Labute approximate surface area is 523 Å². The number of anilines is 1. The minimum Gasteiger partial charge on any atom is -0.493 e. The van der Waals surface area contributed by atoms with Gasteiger partial charge in [0.1, 0.15) is 24.1 Å². The van der Waals surface area contributed by atoms with Gasteiger partial charge in [0.25, 0.3) is 0 Å². The number of likely N-dealkylation sites (N-methyl/N-ethyl adjacent to an activating group) is 1. The fourth-order valence-electron chi connectivity index (χ4n) is 14.0. The molecule has 24 heteroatoms. The molecule has 2 aromatic rings. The molecule has 1 unspecified atom stereocenters. The number of ketones is 1. The molecule has 6 heterocycles. The largest absolute Gasteiger partial charge is 0.493 e. The third-order valence-corrected chi connectivity index (χ3v) is 20.2. The Kier molecular flexibility index (Phi) is 23.1. The van der Waals surface area contributed by atoms with Gasteiger partial charge in [-0.05, 0) is 105 Å². The third-order valence-electron chi connectivity index (χ3n) is 19.5. The number of hydrogen-bond acceptors (Lipinski definition) is 19. The Morgan fingerprint density at radius 2 is 1.57 bits per heavy atom. The molecular formula is C63H95Cl2N5O17. The number of esters is 1. The van der Waals surface area contributed by atoms with Crippen LogP contribution in [-0.2, 0) is 58.8 Å². The second-order valence-corrected chi connectivity index (χ2v) is 26.2. The van der Waals surface area contributed by atoms with Crippen molar-refractivity contribution in [2.45, 2.75) is 223 Å². The standard InChI is InChI=1S/C63H95Cl2N5O17/c1-14-50-63(9)54(70(60(76)87-63)25-17-24-69(35-43-44(64)33-66-34-45(43)65)41-20-21-48(77-11)49(31-41)83-42-18-15-16-19-42)37(3)47(71)22-23-61(7,78-12)56(86-58-52(72)46(30-36(2)81-58)67(10)59(75)68-26-28-80-29-27-68)38(4)53(39(5)57(74)84-50)85-51-32-62(8,79-13)55(73)40(6)82-51/h20-21,31,33-34,36-40,42,46,50-56,58,72-73H,14-19,22-30,32,35H2,1-13H3/t36-,37+,38+,39-,40+,46+,50-,51+,52-,53+,54-,55+,56-,58?,61-,62-,63-/m1/s1. The number of aromatic nitrogens is 1. The summed E-state index contributed by atoms with van der Waals surface area (Å²) in [6.07, 6.45) is -1.93. The number of rotatable bonds is 18. The molecule has 3 amide bonds. The number of cyclic esters (lactones) is 1. The van der Waals surface area contributed by atoms with Gasteiger partial charge in [-0.3, -0.25) is 14.6 Å². The van der Waals surface area contributed by atoms with E-state index in [0.29, 0.717) is 72.8 Å². The maximum atomic E-state index is 15.3.